The summed E-state index contributed by atoms with van der Waals surface area (Å²) in [6.07, 6.45) is 3.63. The number of carboxylic acids is 1. The fraction of sp³-hybridized carbons (Fsp3) is 0.667. The first-order valence-corrected chi connectivity index (χ1v) is 5.95. The molecule has 98 valence electrons. The number of hydrogen-bond donors (Lipinski definition) is 2. The first-order valence-electron chi connectivity index (χ1n) is 5.95. The summed E-state index contributed by atoms with van der Waals surface area (Å²) in [6, 6.07) is -1.22. The summed E-state index contributed by atoms with van der Waals surface area (Å²) >= 11 is 0. The minimum Gasteiger partial charge on any atom is -0.480 e. The van der Waals surface area contributed by atoms with Crippen LogP contribution in [0.1, 0.15) is 33.1 Å². The third kappa shape index (κ3) is 5.94. The van der Waals surface area contributed by atoms with Crippen molar-refractivity contribution < 1.29 is 14.7 Å². The number of hydrogen-bond acceptors (Lipinski definition) is 2. The average molecular weight is 242 g/mol. The van der Waals surface area contributed by atoms with Crippen LogP contribution < -0.4 is 5.32 Å². The van der Waals surface area contributed by atoms with Gasteiger partial charge in [-0.15, -0.1) is 6.58 Å². The van der Waals surface area contributed by atoms with Crippen LogP contribution in [0.5, 0.6) is 0 Å². The molecule has 0 spiro atoms. The van der Waals surface area contributed by atoms with Crippen molar-refractivity contribution in [2.24, 2.45) is 0 Å². The molecule has 0 saturated heterocycles. The second-order valence-electron chi connectivity index (χ2n) is 3.80. The van der Waals surface area contributed by atoms with Crippen LogP contribution in [0.4, 0.5) is 4.79 Å². The Hall–Kier alpha value is -1.52. The molecule has 17 heavy (non-hydrogen) atoms. The van der Waals surface area contributed by atoms with E-state index in [-0.39, 0.29) is 12.5 Å². The van der Waals surface area contributed by atoms with Gasteiger partial charge in [-0.25, -0.2) is 9.59 Å². The summed E-state index contributed by atoms with van der Waals surface area (Å²) in [5.74, 6) is -1.04. The predicted molar refractivity (Wildman–Crippen MR) is 66.9 cm³/mol. The molecule has 1 atom stereocenters. The van der Waals surface area contributed by atoms with Gasteiger partial charge >= 0.3 is 12.0 Å². The molecule has 1 unspecified atom stereocenters. The van der Waals surface area contributed by atoms with Gasteiger partial charge in [0.05, 0.1) is 0 Å². The van der Waals surface area contributed by atoms with E-state index in [0.717, 1.165) is 12.8 Å². The molecule has 2 N–H and O–H groups in total. The van der Waals surface area contributed by atoms with E-state index in [1.54, 1.807) is 4.90 Å². The second kappa shape index (κ2) is 8.61. The Morgan fingerprint density at radius 3 is 2.53 bits per heavy atom. The predicted octanol–water partition coefficient (Wildman–Crippen LogP) is 1.85. The number of rotatable bonds is 8. The summed E-state index contributed by atoms with van der Waals surface area (Å²) in [5.41, 5.74) is 0. The number of urea groups is 1. The van der Waals surface area contributed by atoms with Crippen molar-refractivity contribution in [2.45, 2.75) is 39.2 Å². The first-order chi connectivity index (χ1) is 8.06. The van der Waals surface area contributed by atoms with Crippen molar-refractivity contribution in [1.29, 1.82) is 0 Å². The fourth-order valence-electron chi connectivity index (χ4n) is 1.38. The third-order valence-electron chi connectivity index (χ3n) is 2.45. The van der Waals surface area contributed by atoms with Crippen molar-refractivity contribution in [3.63, 3.8) is 0 Å². The van der Waals surface area contributed by atoms with Crippen LogP contribution in [-0.2, 0) is 4.79 Å². The smallest absolute Gasteiger partial charge is 0.326 e. The highest BCUT2D eigenvalue weighted by Gasteiger charge is 2.20. The topological polar surface area (TPSA) is 69.6 Å². The van der Waals surface area contributed by atoms with E-state index in [1.807, 2.05) is 13.8 Å². The number of nitrogens with one attached hydrogen (secondary N) is 1. The lowest BCUT2D eigenvalue weighted by atomic mass is 10.2. The van der Waals surface area contributed by atoms with Gasteiger partial charge < -0.3 is 15.3 Å². The maximum absolute atomic E-state index is 11.8. The van der Waals surface area contributed by atoms with E-state index >= 15 is 0 Å². The van der Waals surface area contributed by atoms with Crippen molar-refractivity contribution >= 4 is 12.0 Å². The summed E-state index contributed by atoms with van der Waals surface area (Å²) in [4.78, 5) is 24.3. The quantitative estimate of drug-likeness (QED) is 0.638. The molecular formula is C12H22N2O3. The summed E-state index contributed by atoms with van der Waals surface area (Å²) in [5, 5.41) is 11.4. The van der Waals surface area contributed by atoms with Gasteiger partial charge in [-0.05, 0) is 19.8 Å². The van der Waals surface area contributed by atoms with E-state index in [0.29, 0.717) is 13.1 Å². The second-order valence-corrected chi connectivity index (χ2v) is 3.80. The van der Waals surface area contributed by atoms with E-state index in [9.17, 15) is 9.59 Å². The van der Waals surface area contributed by atoms with Crippen molar-refractivity contribution in [1.82, 2.24) is 10.2 Å². The SMILES string of the molecule is C=CCC(NC(=O)N(CC)CCCC)C(=O)O. The Morgan fingerprint density at radius 2 is 2.12 bits per heavy atom. The lowest BCUT2D eigenvalue weighted by Gasteiger charge is -2.23. The van der Waals surface area contributed by atoms with Crippen LogP contribution in [0, 0.1) is 0 Å². The zero-order valence-corrected chi connectivity index (χ0v) is 10.6. The van der Waals surface area contributed by atoms with Gasteiger partial charge in [-0.2, -0.15) is 0 Å². The molecule has 0 aliphatic heterocycles. The molecular weight excluding hydrogens is 220 g/mol. The number of amides is 2. The van der Waals surface area contributed by atoms with Gasteiger partial charge in [0.25, 0.3) is 0 Å². The van der Waals surface area contributed by atoms with Crippen LogP contribution in [0.25, 0.3) is 0 Å². The van der Waals surface area contributed by atoms with E-state index < -0.39 is 12.0 Å². The van der Waals surface area contributed by atoms with Gasteiger partial charge in [0.15, 0.2) is 0 Å². The lowest BCUT2D eigenvalue weighted by Crippen LogP contribution is -2.48. The zero-order chi connectivity index (χ0) is 13.3. The van der Waals surface area contributed by atoms with Crippen molar-refractivity contribution in [3.05, 3.63) is 12.7 Å². The molecule has 0 saturated carbocycles. The molecule has 2 amide bonds. The van der Waals surface area contributed by atoms with Gasteiger partial charge in [0, 0.05) is 13.1 Å². The molecule has 0 fully saturated rings. The Bertz CT molecular complexity index is 266. The molecule has 5 nitrogen and oxygen atoms in total. The Kier molecular flexibility index (Phi) is 7.84. The summed E-state index contributed by atoms with van der Waals surface area (Å²) < 4.78 is 0. The minimum absolute atomic E-state index is 0.229. The first kappa shape index (κ1) is 15.5. The fourth-order valence-corrected chi connectivity index (χ4v) is 1.38. The minimum atomic E-state index is -1.04. The summed E-state index contributed by atoms with van der Waals surface area (Å²) in [7, 11) is 0. The van der Waals surface area contributed by atoms with Crippen molar-refractivity contribution in [3.8, 4) is 0 Å². The molecule has 0 aromatic carbocycles. The zero-order valence-electron chi connectivity index (χ0n) is 10.6. The maximum Gasteiger partial charge on any atom is 0.326 e. The Morgan fingerprint density at radius 1 is 1.47 bits per heavy atom. The molecule has 0 aromatic heterocycles. The van der Waals surface area contributed by atoms with Crippen LogP contribution in [0.2, 0.25) is 0 Å². The highest BCUT2D eigenvalue weighted by molar-refractivity contribution is 5.82. The van der Waals surface area contributed by atoms with E-state index in [4.69, 9.17) is 5.11 Å². The number of carbonyl (C=O) groups excluding carboxylic acids is 1. The average Bonchev–Trinajstić information content (AvgIpc) is 2.29. The molecule has 0 rings (SSSR count). The number of nitrogens with zero attached hydrogens (tertiary/aromatic N) is 1. The largest absolute Gasteiger partial charge is 0.480 e. The number of carbonyl (C=O) groups is 2. The molecule has 0 aliphatic carbocycles. The van der Waals surface area contributed by atoms with Gasteiger partial charge in [0.2, 0.25) is 0 Å². The Labute approximate surface area is 102 Å². The van der Waals surface area contributed by atoms with Crippen LogP contribution in [-0.4, -0.2) is 41.1 Å². The molecule has 0 heterocycles. The Balaban J connectivity index is 4.34. The monoisotopic (exact) mass is 242 g/mol. The number of unbranched alkanes of at least 4 members (excludes halogenated alkanes) is 1. The highest BCUT2D eigenvalue weighted by atomic mass is 16.4. The standard InChI is InChI=1S/C12H22N2O3/c1-4-7-9-14(6-3)12(17)13-10(8-5-2)11(15)16/h5,10H,2,4,6-9H2,1,3H3,(H,13,17)(H,15,16). The molecule has 0 aromatic rings. The third-order valence-corrected chi connectivity index (χ3v) is 2.45. The van der Waals surface area contributed by atoms with Gasteiger partial charge in [-0.3, -0.25) is 0 Å². The van der Waals surface area contributed by atoms with E-state index in [2.05, 4.69) is 11.9 Å². The van der Waals surface area contributed by atoms with Crippen LogP contribution in [0.15, 0.2) is 12.7 Å². The maximum atomic E-state index is 11.8. The molecule has 0 aliphatic rings. The molecule has 5 heteroatoms. The normalized spacial score (nSPS) is 11.6. The van der Waals surface area contributed by atoms with Crippen molar-refractivity contribution in [2.75, 3.05) is 13.1 Å². The number of carboxylic acid groups (broad SMARTS) is 1. The van der Waals surface area contributed by atoms with E-state index in [1.165, 1.54) is 6.08 Å². The van der Waals surface area contributed by atoms with Crippen LogP contribution in [0.3, 0.4) is 0 Å². The summed E-state index contributed by atoms with van der Waals surface area (Å²) in [6.45, 7) is 8.62. The van der Waals surface area contributed by atoms with Gasteiger partial charge in [0.1, 0.15) is 6.04 Å². The molecule has 0 bridgehead atoms. The van der Waals surface area contributed by atoms with Gasteiger partial charge in [-0.1, -0.05) is 19.4 Å². The molecule has 0 radical (unpaired) electrons. The lowest BCUT2D eigenvalue weighted by molar-refractivity contribution is -0.139. The number of aliphatic carboxylic acids is 1. The highest BCUT2D eigenvalue weighted by Crippen LogP contribution is 1.99. The van der Waals surface area contributed by atoms with Crippen LogP contribution >= 0.6 is 0 Å².